The molecule has 0 N–H and O–H groups in total. The number of ether oxygens (including phenoxy) is 8. The smallest absolute Gasteiger partial charge is 0.123 e. The van der Waals surface area contributed by atoms with E-state index < -0.39 is 30.8 Å². The summed E-state index contributed by atoms with van der Waals surface area (Å²) in [6, 6.07) is 58.1. The summed E-state index contributed by atoms with van der Waals surface area (Å²) >= 11 is 0. The SMILES string of the molecule is CCCCOc1ccc2c(c1)[Si]([Si]1([Si]3([Si]4c5cc(OCCCC)ccc5-c5ccc(OCCCC)cc54)c4cc(OCCCC)ccc4-c4ccc(OCCCC)cc43)c3cc(OCCCC)ccc3-c3ccc(OCCCC)cc31)c1cc(OCCCC)ccc1-2. The molecule has 2 radical (unpaired) electrons. The number of benzene rings is 8. The molecule has 12 rings (SSSR count). The van der Waals surface area contributed by atoms with Gasteiger partial charge in [0.2, 0.25) is 0 Å². The zero-order chi connectivity index (χ0) is 63.6. The number of rotatable bonds is 35. The highest BCUT2D eigenvalue weighted by atomic mass is 29.8. The largest absolute Gasteiger partial charge is 0.494 e. The monoisotopic (exact) mass is 1300 g/mol. The van der Waals surface area contributed by atoms with Crippen LogP contribution in [0.15, 0.2) is 146 Å². The molecule has 0 fully saturated rings. The van der Waals surface area contributed by atoms with Crippen molar-refractivity contribution in [3.63, 3.8) is 0 Å². The van der Waals surface area contributed by atoms with Crippen LogP contribution in [0.4, 0.5) is 0 Å². The molecule has 0 atom stereocenters. The van der Waals surface area contributed by atoms with E-state index in [1.165, 1.54) is 86.0 Å². The zero-order valence-electron chi connectivity index (χ0n) is 56.1. The van der Waals surface area contributed by atoms with Crippen molar-refractivity contribution in [3.05, 3.63) is 146 Å². The number of hydrogen-bond donors (Lipinski definition) is 0. The van der Waals surface area contributed by atoms with Crippen LogP contribution in [0.25, 0.3) is 44.5 Å². The van der Waals surface area contributed by atoms with E-state index in [4.69, 9.17) is 37.9 Å². The van der Waals surface area contributed by atoms with Gasteiger partial charge in [0.05, 0.1) is 52.9 Å². The highest BCUT2D eigenvalue weighted by Crippen LogP contribution is 2.48. The van der Waals surface area contributed by atoms with Crippen LogP contribution in [0.2, 0.25) is 0 Å². The summed E-state index contributed by atoms with van der Waals surface area (Å²) in [7, 11) is -12.0. The maximum Gasteiger partial charge on any atom is 0.123 e. The average molecular weight is 1300 g/mol. The summed E-state index contributed by atoms with van der Waals surface area (Å²) in [6.07, 6.45) is 16.1. The van der Waals surface area contributed by atoms with E-state index in [1.54, 1.807) is 0 Å². The lowest BCUT2D eigenvalue weighted by Crippen LogP contribution is -2.98. The molecule has 0 saturated carbocycles. The lowest BCUT2D eigenvalue weighted by Gasteiger charge is -2.52. The molecule has 8 aromatic rings. The molecule has 8 aromatic carbocycles. The van der Waals surface area contributed by atoms with Crippen LogP contribution in [-0.4, -0.2) is 83.7 Å². The van der Waals surface area contributed by atoms with Crippen LogP contribution in [-0.2, 0) is 0 Å². The minimum Gasteiger partial charge on any atom is -0.494 e. The van der Waals surface area contributed by atoms with Gasteiger partial charge < -0.3 is 37.9 Å². The van der Waals surface area contributed by atoms with Gasteiger partial charge in [0.1, 0.15) is 76.8 Å². The molecule has 0 saturated heterocycles. The van der Waals surface area contributed by atoms with E-state index in [1.807, 2.05) is 0 Å². The molecule has 480 valence electrons. The normalized spacial score (nSPS) is 14.1. The third-order valence-corrected chi connectivity index (χ3v) is 61.6. The third kappa shape index (κ3) is 12.2. The maximum absolute atomic E-state index is 7.17. The van der Waals surface area contributed by atoms with Gasteiger partial charge in [-0.05, 0) is 234 Å². The second-order valence-electron chi connectivity index (χ2n) is 25.5. The van der Waals surface area contributed by atoms with Crippen molar-refractivity contribution < 1.29 is 37.9 Å². The minimum absolute atomic E-state index is 0.634. The maximum atomic E-state index is 7.17. The van der Waals surface area contributed by atoms with Crippen molar-refractivity contribution >= 4 is 72.3 Å². The molecule has 4 heterocycles. The summed E-state index contributed by atoms with van der Waals surface area (Å²) in [5, 5.41) is 11.4. The quantitative estimate of drug-likeness (QED) is 0.0287. The van der Waals surface area contributed by atoms with Crippen molar-refractivity contribution in [2.45, 2.75) is 158 Å². The Hall–Kier alpha value is -6.97. The van der Waals surface area contributed by atoms with Crippen LogP contribution in [0.5, 0.6) is 46.0 Å². The Bertz CT molecular complexity index is 3370. The van der Waals surface area contributed by atoms with Crippen LogP contribution in [0.1, 0.15) is 158 Å². The van der Waals surface area contributed by atoms with Crippen molar-refractivity contribution in [3.8, 4) is 90.5 Å². The van der Waals surface area contributed by atoms with E-state index in [9.17, 15) is 0 Å². The first-order valence-corrected chi connectivity index (χ1v) is 45.3. The van der Waals surface area contributed by atoms with Crippen LogP contribution >= 0.6 is 0 Å². The fourth-order valence-corrected chi connectivity index (χ4v) is 73.7. The Kier molecular flexibility index (Phi) is 21.2. The molecular formula is C80H96O8Si4. The summed E-state index contributed by atoms with van der Waals surface area (Å²) < 4.78 is 56.7. The van der Waals surface area contributed by atoms with E-state index >= 15 is 0 Å². The number of hydrogen-bond acceptors (Lipinski definition) is 8. The highest BCUT2D eigenvalue weighted by molar-refractivity contribution is 7.95. The summed E-state index contributed by atoms with van der Waals surface area (Å²) in [6.45, 7) is 23.2. The summed E-state index contributed by atoms with van der Waals surface area (Å²) in [4.78, 5) is 0. The van der Waals surface area contributed by atoms with Gasteiger partial charge in [-0.15, -0.1) is 0 Å². The second-order valence-corrected chi connectivity index (χ2v) is 49.3. The van der Waals surface area contributed by atoms with Crippen molar-refractivity contribution in [2.75, 3.05) is 52.9 Å². The van der Waals surface area contributed by atoms with Gasteiger partial charge in [-0.2, -0.15) is 0 Å². The van der Waals surface area contributed by atoms with Gasteiger partial charge in [0.25, 0.3) is 0 Å². The first-order valence-electron chi connectivity index (χ1n) is 35.3. The van der Waals surface area contributed by atoms with E-state index in [0.717, 1.165) is 149 Å². The van der Waals surface area contributed by atoms with Crippen molar-refractivity contribution in [1.29, 1.82) is 0 Å². The lowest BCUT2D eigenvalue weighted by atomic mass is 10.1. The van der Waals surface area contributed by atoms with Crippen LogP contribution < -0.4 is 79.4 Å². The number of fused-ring (bicyclic) bond motifs is 12. The van der Waals surface area contributed by atoms with Gasteiger partial charge in [0, 0.05) is 0 Å². The molecule has 4 aliphatic rings. The first-order chi connectivity index (χ1) is 45.3. The van der Waals surface area contributed by atoms with E-state index in [-0.39, 0.29) is 0 Å². The second kappa shape index (κ2) is 30.0. The molecule has 0 aromatic heterocycles. The topological polar surface area (TPSA) is 73.8 Å². The molecule has 4 aliphatic heterocycles. The van der Waals surface area contributed by atoms with Crippen LogP contribution in [0.3, 0.4) is 0 Å². The summed E-state index contributed by atoms with van der Waals surface area (Å²) in [5.74, 6) is 7.41. The molecule has 0 bridgehead atoms. The Morgan fingerprint density at radius 2 is 0.380 bits per heavy atom. The first kappa shape index (κ1) is 65.1. The Morgan fingerprint density at radius 1 is 0.217 bits per heavy atom. The number of unbranched alkanes of at least 4 members (excludes halogenated alkanes) is 8. The zero-order valence-corrected chi connectivity index (χ0v) is 60.1. The molecule has 0 aliphatic carbocycles. The lowest BCUT2D eigenvalue weighted by molar-refractivity contribution is 0.309. The van der Waals surface area contributed by atoms with Crippen LogP contribution in [0, 0.1) is 0 Å². The third-order valence-electron chi connectivity index (χ3n) is 19.2. The highest BCUT2D eigenvalue weighted by Gasteiger charge is 2.75. The van der Waals surface area contributed by atoms with Crippen molar-refractivity contribution in [2.24, 2.45) is 0 Å². The van der Waals surface area contributed by atoms with Gasteiger partial charge in [-0.3, -0.25) is 0 Å². The molecule has 92 heavy (non-hydrogen) atoms. The molecular weight excluding hydrogens is 1200 g/mol. The molecule has 0 unspecified atom stereocenters. The van der Waals surface area contributed by atoms with Gasteiger partial charge in [0.15, 0.2) is 0 Å². The minimum atomic E-state index is -3.84. The fourth-order valence-electron chi connectivity index (χ4n) is 14.6. The molecule has 0 amide bonds. The molecule has 8 nitrogen and oxygen atoms in total. The predicted molar refractivity (Wildman–Crippen MR) is 391 cm³/mol. The average Bonchev–Trinajstić information content (AvgIpc) is 1.41. The van der Waals surface area contributed by atoms with Gasteiger partial charge in [-0.1, -0.05) is 155 Å². The van der Waals surface area contributed by atoms with E-state index in [0.29, 0.717) is 52.9 Å². The van der Waals surface area contributed by atoms with E-state index in [2.05, 4.69) is 201 Å². The van der Waals surface area contributed by atoms with Crippen molar-refractivity contribution in [1.82, 2.24) is 0 Å². The Morgan fingerprint density at radius 3 is 0.554 bits per heavy atom. The van der Waals surface area contributed by atoms with Gasteiger partial charge >= 0.3 is 0 Å². The molecule has 12 heteroatoms. The Labute approximate surface area is 553 Å². The molecule has 0 spiro atoms. The predicted octanol–water partition coefficient (Wildman–Crippen LogP) is 14.7. The summed E-state index contributed by atoms with van der Waals surface area (Å²) in [5.41, 5.74) is 10.4. The Balaban J connectivity index is 1.34. The van der Waals surface area contributed by atoms with Gasteiger partial charge in [-0.25, -0.2) is 0 Å². The standard InChI is InChI=1S/C80H96O8Si4/c1-9-17-41-81-57-25-33-65-66-34-26-58(82-42-18-10-2)50-74(66)89(73(65)49-57)91(77-53-61(85-45-21-13-5)29-37-69(77)70-38-30-62(54-78(70)91)86-46-22-14-6)92(79-55-63(87-47-23-15-7)31-39-71(79)72-40-32-64(56-80(72)92)88-48-24-16-8)90-75-51-59(83-43-19-11-3)27-35-67(75)68-36-28-60(52-76(68)90)84-44-20-12-4/h25-40,49-56H,9-24,41-48H2,1-8H3. The fraction of sp³-hybridized carbons (Fsp3) is 0.400.